The fourth-order valence-electron chi connectivity index (χ4n) is 2.30. The van der Waals surface area contributed by atoms with Crippen molar-refractivity contribution in [1.29, 1.82) is 0 Å². The Morgan fingerprint density at radius 2 is 2.33 bits per heavy atom. The molecular formula is C14H17N3O. The number of aromatic nitrogens is 1. The van der Waals surface area contributed by atoms with Gasteiger partial charge in [0.05, 0.1) is 11.6 Å². The molecule has 2 heterocycles. The van der Waals surface area contributed by atoms with Crippen LogP contribution in [0.5, 0.6) is 0 Å². The highest BCUT2D eigenvalue weighted by Gasteiger charge is 2.20. The highest BCUT2D eigenvalue weighted by atomic mass is 16.3. The van der Waals surface area contributed by atoms with E-state index in [0.29, 0.717) is 36.4 Å². The number of benzene rings is 1. The van der Waals surface area contributed by atoms with E-state index in [4.69, 9.17) is 8.48 Å². The lowest BCUT2D eigenvalue weighted by atomic mass is 10.1. The third-order valence-corrected chi connectivity index (χ3v) is 3.18. The molecule has 0 radical (unpaired) electrons. The van der Waals surface area contributed by atoms with Crippen molar-refractivity contribution in [2.75, 3.05) is 18.8 Å². The van der Waals surface area contributed by atoms with Gasteiger partial charge in [-0.15, -0.1) is 0 Å². The summed E-state index contributed by atoms with van der Waals surface area (Å²) in [4.78, 5) is 5.89. The number of β-amino-alcohol motifs (C(OH)–C–C–N with tert-alkyl or cyclic N) is 1. The molecule has 1 aliphatic rings. The molecule has 18 heavy (non-hydrogen) atoms. The number of aliphatic hydroxyl groups excluding tert-OH is 1. The van der Waals surface area contributed by atoms with Crippen molar-refractivity contribution in [3.8, 4) is 0 Å². The lowest BCUT2D eigenvalue weighted by molar-refractivity contribution is 0.175. The van der Waals surface area contributed by atoms with Gasteiger partial charge in [-0.2, -0.15) is 0 Å². The molecule has 1 aliphatic heterocycles. The maximum absolute atomic E-state index is 9.63. The zero-order chi connectivity index (χ0) is 14.3. The fraction of sp³-hybridized carbons (Fsp3) is 0.357. The van der Waals surface area contributed by atoms with Crippen molar-refractivity contribution >= 4 is 16.7 Å². The van der Waals surface area contributed by atoms with Gasteiger partial charge < -0.3 is 10.8 Å². The topological polar surface area (TPSA) is 62.4 Å². The second-order valence-electron chi connectivity index (χ2n) is 4.61. The van der Waals surface area contributed by atoms with Crippen LogP contribution in [-0.4, -0.2) is 34.2 Å². The van der Waals surface area contributed by atoms with Gasteiger partial charge in [0.1, 0.15) is 5.82 Å². The molecule has 1 aromatic carbocycles. The summed E-state index contributed by atoms with van der Waals surface area (Å²) in [6, 6.07) is 8.98. The van der Waals surface area contributed by atoms with Gasteiger partial charge in [-0.3, -0.25) is 4.90 Å². The number of pyridine rings is 1. The van der Waals surface area contributed by atoms with Crippen molar-refractivity contribution in [1.82, 2.24) is 9.88 Å². The summed E-state index contributed by atoms with van der Waals surface area (Å²) in [5.74, 6) is 0.308. The second-order valence-corrected chi connectivity index (χ2v) is 4.61. The minimum atomic E-state index is -1.67. The van der Waals surface area contributed by atoms with Gasteiger partial charge in [0.2, 0.25) is 0 Å². The van der Waals surface area contributed by atoms with Crippen LogP contribution in [0.25, 0.3) is 10.9 Å². The summed E-state index contributed by atoms with van der Waals surface area (Å²) in [7, 11) is 0. The summed E-state index contributed by atoms with van der Waals surface area (Å²) in [5.41, 5.74) is 7.00. The van der Waals surface area contributed by atoms with E-state index < -0.39 is 12.6 Å². The lowest BCUT2D eigenvalue weighted by Gasteiger charge is -2.16. The first kappa shape index (κ1) is 9.30. The van der Waals surface area contributed by atoms with Crippen LogP contribution < -0.4 is 5.73 Å². The van der Waals surface area contributed by atoms with E-state index >= 15 is 0 Å². The van der Waals surface area contributed by atoms with Crippen LogP contribution in [0.15, 0.2) is 30.3 Å². The molecule has 3 rings (SSSR count). The smallest absolute Gasteiger partial charge is 0.124 e. The highest BCUT2D eigenvalue weighted by molar-refractivity contribution is 5.83. The molecule has 1 aromatic heterocycles. The van der Waals surface area contributed by atoms with Crippen molar-refractivity contribution in [3.05, 3.63) is 35.9 Å². The number of anilines is 1. The number of fused-ring (bicyclic) bond motifs is 1. The largest absolute Gasteiger partial charge is 0.392 e. The van der Waals surface area contributed by atoms with Crippen LogP contribution in [0.1, 0.15) is 14.7 Å². The molecule has 4 heteroatoms. The number of aliphatic hydroxyl groups is 1. The fourth-order valence-corrected chi connectivity index (χ4v) is 2.30. The predicted octanol–water partition coefficient (Wildman–Crippen LogP) is 1.38. The van der Waals surface area contributed by atoms with Gasteiger partial charge in [-0.05, 0) is 24.1 Å². The molecule has 1 fully saturated rings. The number of para-hydroxylation sites is 1. The maximum atomic E-state index is 9.63. The number of nitrogen functional groups attached to an aromatic ring is 1. The monoisotopic (exact) mass is 245 g/mol. The molecule has 0 spiro atoms. The average Bonchev–Trinajstić information content (AvgIpc) is 2.85. The first-order valence-electron chi connectivity index (χ1n) is 7.07. The van der Waals surface area contributed by atoms with Gasteiger partial charge in [-0.25, -0.2) is 4.98 Å². The summed E-state index contributed by atoms with van der Waals surface area (Å²) in [6.45, 7) is -0.803. The Morgan fingerprint density at radius 3 is 3.11 bits per heavy atom. The van der Waals surface area contributed by atoms with Gasteiger partial charge in [0.15, 0.2) is 0 Å². The highest BCUT2D eigenvalue weighted by Crippen LogP contribution is 2.22. The van der Waals surface area contributed by atoms with E-state index in [0.717, 1.165) is 5.39 Å². The number of hydrogen-bond donors (Lipinski definition) is 2. The third-order valence-electron chi connectivity index (χ3n) is 3.18. The van der Waals surface area contributed by atoms with Crippen LogP contribution in [0, 0.1) is 0 Å². The number of nitrogens with zero attached hydrogens (tertiary/aromatic N) is 2. The van der Waals surface area contributed by atoms with Crippen LogP contribution >= 0.6 is 0 Å². The molecule has 2 aromatic rings. The zero-order valence-corrected chi connectivity index (χ0v) is 10.0. The van der Waals surface area contributed by atoms with E-state index in [1.807, 2.05) is 24.3 Å². The number of nitrogens with two attached hydrogens (primary N) is 1. The van der Waals surface area contributed by atoms with E-state index in [2.05, 4.69) is 4.98 Å². The number of likely N-dealkylation sites (tertiary alicyclic amines) is 1. The summed E-state index contributed by atoms with van der Waals surface area (Å²) >= 11 is 0. The third kappa shape index (κ3) is 2.17. The zero-order valence-electron chi connectivity index (χ0n) is 12.0. The molecule has 0 unspecified atom stereocenters. The van der Waals surface area contributed by atoms with E-state index in [-0.39, 0.29) is 0 Å². The summed E-state index contributed by atoms with van der Waals surface area (Å²) in [5, 5.41) is 10.4. The molecule has 4 nitrogen and oxygen atoms in total. The Bertz CT molecular complexity index is 647. The maximum Gasteiger partial charge on any atom is 0.124 e. The first-order chi connectivity index (χ1) is 9.48. The quantitative estimate of drug-likeness (QED) is 0.839. The number of rotatable bonds is 2. The minimum Gasteiger partial charge on any atom is -0.392 e. The number of hydrogen-bond acceptors (Lipinski definition) is 4. The Hall–Kier alpha value is -1.65. The molecular weight excluding hydrogens is 226 g/mol. The van der Waals surface area contributed by atoms with Crippen molar-refractivity contribution < 1.29 is 7.85 Å². The van der Waals surface area contributed by atoms with Gasteiger partial charge >= 0.3 is 0 Å². The van der Waals surface area contributed by atoms with Gasteiger partial charge in [0, 0.05) is 27.7 Å². The van der Waals surface area contributed by atoms with Crippen LogP contribution in [0.2, 0.25) is 0 Å². The van der Waals surface area contributed by atoms with E-state index in [9.17, 15) is 5.11 Å². The molecule has 94 valence electrons. The Kier molecular flexibility index (Phi) is 2.35. The van der Waals surface area contributed by atoms with Crippen molar-refractivity contribution in [3.63, 3.8) is 0 Å². The van der Waals surface area contributed by atoms with Crippen LogP contribution in [0.3, 0.4) is 0 Å². The molecule has 0 bridgehead atoms. The molecule has 1 atom stereocenters. The SMILES string of the molecule is [2H]C([2H])(c1cc(N)nc2ccccc12)N1CC[C@@H](O)C1. The summed E-state index contributed by atoms with van der Waals surface area (Å²) < 4.78 is 16.9. The normalized spacial score (nSPS) is 23.1. The molecule has 1 saturated heterocycles. The van der Waals surface area contributed by atoms with Crippen LogP contribution in [-0.2, 0) is 6.50 Å². The van der Waals surface area contributed by atoms with Gasteiger partial charge in [0.25, 0.3) is 0 Å². The first-order valence-corrected chi connectivity index (χ1v) is 6.07. The Labute approximate surface area is 109 Å². The van der Waals surface area contributed by atoms with Crippen molar-refractivity contribution in [2.24, 2.45) is 0 Å². The van der Waals surface area contributed by atoms with E-state index in [1.54, 1.807) is 11.0 Å². The second kappa shape index (κ2) is 4.55. The van der Waals surface area contributed by atoms with E-state index in [1.165, 1.54) is 0 Å². The minimum absolute atomic E-state index is 0.308. The molecule has 0 amide bonds. The van der Waals surface area contributed by atoms with Crippen LogP contribution in [0.4, 0.5) is 5.82 Å². The Morgan fingerprint density at radius 1 is 1.50 bits per heavy atom. The molecule has 0 saturated carbocycles. The standard InChI is InChI=1S/C14H17N3O/c15-14-7-10(8-17-6-5-11(18)9-17)12-3-1-2-4-13(12)16-14/h1-4,7,11,18H,5-6,8-9H2,(H2,15,16)/t11-/m1/s1/i8D2. The molecule has 3 N–H and O–H groups in total. The molecule has 0 aliphatic carbocycles. The van der Waals surface area contributed by atoms with Gasteiger partial charge in [-0.1, -0.05) is 18.2 Å². The lowest BCUT2D eigenvalue weighted by Crippen LogP contribution is -2.21. The average molecular weight is 245 g/mol. The predicted molar refractivity (Wildman–Crippen MR) is 72.1 cm³/mol. The summed E-state index contributed by atoms with van der Waals surface area (Å²) in [6.07, 6.45) is 0.133. The Balaban J connectivity index is 2.13. The van der Waals surface area contributed by atoms with Crippen molar-refractivity contribution in [2.45, 2.75) is 19.0 Å².